The molecule has 3 aromatic heterocycles. The summed E-state index contributed by atoms with van der Waals surface area (Å²) in [5.74, 6) is -0.183. The van der Waals surface area contributed by atoms with Crippen LogP contribution in [0.15, 0.2) is 76.7 Å². The Bertz CT molecular complexity index is 1860. The van der Waals surface area contributed by atoms with Crippen LogP contribution in [0.2, 0.25) is 5.02 Å². The lowest BCUT2D eigenvalue weighted by molar-refractivity contribution is -0.113. The molecule has 0 bridgehead atoms. The Labute approximate surface area is 218 Å². The van der Waals surface area contributed by atoms with Crippen molar-refractivity contribution in [3.05, 3.63) is 87.7 Å². The Hall–Kier alpha value is -3.66. The van der Waals surface area contributed by atoms with Gasteiger partial charge in [-0.25, -0.2) is 9.97 Å². The third-order valence-electron chi connectivity index (χ3n) is 5.68. The van der Waals surface area contributed by atoms with Crippen LogP contribution in [0.25, 0.3) is 37.8 Å². The van der Waals surface area contributed by atoms with E-state index in [-0.39, 0.29) is 17.2 Å². The van der Waals surface area contributed by atoms with Gasteiger partial charge in [0.1, 0.15) is 11.0 Å². The topological polar surface area (TPSA) is 92.7 Å². The molecular weight excluding hydrogens is 514 g/mol. The molecule has 7 nitrogen and oxygen atoms in total. The molecule has 0 radical (unpaired) electrons. The van der Waals surface area contributed by atoms with Gasteiger partial charge in [0, 0.05) is 15.9 Å². The molecule has 10 heteroatoms. The number of benzene rings is 3. The molecule has 0 aliphatic carbocycles. The van der Waals surface area contributed by atoms with Crippen LogP contribution < -0.4 is 10.9 Å². The normalized spacial score (nSPS) is 11.5. The maximum atomic E-state index is 13.6. The largest absolute Gasteiger partial charge is 0.349 e. The lowest BCUT2D eigenvalue weighted by Crippen LogP contribution is -2.23. The van der Waals surface area contributed by atoms with Gasteiger partial charge < -0.3 is 10.3 Å². The van der Waals surface area contributed by atoms with Crippen molar-refractivity contribution in [2.24, 2.45) is 0 Å². The number of nitrogens with zero attached hydrogens (tertiary/aromatic N) is 3. The Morgan fingerprint density at radius 3 is 2.83 bits per heavy atom. The number of para-hydroxylation sites is 1. The van der Waals surface area contributed by atoms with Crippen molar-refractivity contribution in [2.45, 2.75) is 12.1 Å². The van der Waals surface area contributed by atoms with E-state index in [9.17, 15) is 9.59 Å². The molecule has 3 aromatic carbocycles. The summed E-state index contributed by atoms with van der Waals surface area (Å²) >= 11 is 8.84. The Kier molecular flexibility index (Phi) is 5.75. The maximum Gasteiger partial charge on any atom is 0.283 e. The molecule has 0 aliphatic heterocycles. The van der Waals surface area contributed by atoms with Crippen LogP contribution in [-0.2, 0) is 4.79 Å². The second kappa shape index (κ2) is 9.09. The number of anilines is 1. The lowest BCUT2D eigenvalue weighted by atomic mass is 10.2. The monoisotopic (exact) mass is 531 g/mol. The van der Waals surface area contributed by atoms with Gasteiger partial charge in [-0.15, -0.1) is 0 Å². The summed E-state index contributed by atoms with van der Waals surface area (Å²) in [7, 11) is 0. The number of carbonyl (C=O) groups is 1. The minimum Gasteiger partial charge on any atom is -0.349 e. The number of thiazole rings is 1. The number of amides is 1. The summed E-state index contributed by atoms with van der Waals surface area (Å²) in [5, 5.41) is 5.15. The molecule has 2 N–H and O–H groups in total. The van der Waals surface area contributed by atoms with Crippen LogP contribution in [0, 0.1) is 6.92 Å². The number of fused-ring (bicyclic) bond motifs is 4. The minimum absolute atomic E-state index is 0.0514. The number of rotatable bonds is 5. The molecule has 0 atom stereocenters. The molecule has 0 saturated heterocycles. The molecule has 3 heterocycles. The van der Waals surface area contributed by atoms with Crippen LogP contribution in [0.1, 0.15) is 5.56 Å². The van der Waals surface area contributed by atoms with E-state index in [0.29, 0.717) is 32.0 Å². The van der Waals surface area contributed by atoms with Gasteiger partial charge in [0.2, 0.25) is 5.91 Å². The molecule has 0 saturated carbocycles. The van der Waals surface area contributed by atoms with E-state index < -0.39 is 0 Å². The van der Waals surface area contributed by atoms with Gasteiger partial charge >= 0.3 is 0 Å². The van der Waals surface area contributed by atoms with Gasteiger partial charge in [-0.05, 0) is 48.9 Å². The van der Waals surface area contributed by atoms with Crippen LogP contribution in [0.5, 0.6) is 0 Å². The van der Waals surface area contributed by atoms with Gasteiger partial charge in [-0.1, -0.05) is 65.0 Å². The van der Waals surface area contributed by atoms with Crippen molar-refractivity contribution in [1.29, 1.82) is 0 Å². The number of nitrogens with one attached hydrogen (secondary N) is 2. The third-order valence-corrected chi connectivity index (χ3v) is 7.79. The van der Waals surface area contributed by atoms with Crippen LogP contribution >= 0.6 is 34.7 Å². The van der Waals surface area contributed by atoms with Crippen molar-refractivity contribution in [3.63, 3.8) is 0 Å². The average molecular weight is 532 g/mol. The predicted octanol–water partition coefficient (Wildman–Crippen LogP) is 6.17. The number of aromatic amines is 1. The van der Waals surface area contributed by atoms with Crippen LogP contribution in [0.3, 0.4) is 0 Å². The number of halogens is 1. The number of hydrogen-bond donors (Lipinski definition) is 2. The van der Waals surface area contributed by atoms with Crippen molar-refractivity contribution < 1.29 is 4.79 Å². The number of aromatic nitrogens is 4. The Morgan fingerprint density at radius 1 is 1.11 bits per heavy atom. The highest BCUT2D eigenvalue weighted by Gasteiger charge is 2.19. The fourth-order valence-electron chi connectivity index (χ4n) is 4.05. The smallest absolute Gasteiger partial charge is 0.283 e. The van der Waals surface area contributed by atoms with Gasteiger partial charge in [-0.2, -0.15) is 0 Å². The Morgan fingerprint density at radius 2 is 1.97 bits per heavy atom. The van der Waals surface area contributed by atoms with Crippen molar-refractivity contribution in [1.82, 2.24) is 19.5 Å². The molecule has 0 aliphatic rings. The van der Waals surface area contributed by atoms with Crippen molar-refractivity contribution in [3.8, 4) is 5.69 Å². The highest BCUT2D eigenvalue weighted by atomic mass is 35.5. The zero-order valence-electron chi connectivity index (χ0n) is 18.9. The maximum absolute atomic E-state index is 13.6. The highest BCUT2D eigenvalue weighted by molar-refractivity contribution is 7.99. The minimum atomic E-state index is -0.261. The van der Waals surface area contributed by atoms with Crippen LogP contribution in [-0.4, -0.2) is 31.2 Å². The second-order valence-electron chi connectivity index (χ2n) is 8.24. The zero-order chi connectivity index (χ0) is 24.8. The van der Waals surface area contributed by atoms with Gasteiger partial charge in [0.05, 0.1) is 21.7 Å². The van der Waals surface area contributed by atoms with E-state index in [0.717, 1.165) is 26.7 Å². The number of H-pyrrole nitrogens is 1. The summed E-state index contributed by atoms with van der Waals surface area (Å²) < 4.78 is 2.50. The van der Waals surface area contributed by atoms with Crippen molar-refractivity contribution in [2.75, 3.05) is 11.1 Å². The number of hydrogen-bond acceptors (Lipinski definition) is 6. The van der Waals surface area contributed by atoms with Gasteiger partial charge in [0.25, 0.3) is 5.56 Å². The first-order valence-electron chi connectivity index (χ1n) is 11.1. The molecule has 6 aromatic rings. The lowest BCUT2D eigenvalue weighted by Gasteiger charge is -2.12. The summed E-state index contributed by atoms with van der Waals surface area (Å²) in [5.41, 5.74) is 4.08. The van der Waals surface area contributed by atoms with E-state index >= 15 is 0 Å². The second-order valence-corrected chi connectivity index (χ2v) is 10.6. The van der Waals surface area contributed by atoms with E-state index in [2.05, 4.69) is 15.3 Å². The third kappa shape index (κ3) is 4.15. The molecular formula is C26H18ClN5O2S2. The number of carbonyl (C=O) groups excluding carboxylic acids is 1. The van der Waals surface area contributed by atoms with E-state index in [1.807, 2.05) is 49.4 Å². The summed E-state index contributed by atoms with van der Waals surface area (Å²) in [6, 6.07) is 20.6. The number of aryl methyl sites for hydroxylation is 1. The molecule has 0 fully saturated rings. The molecule has 1 amide bonds. The average Bonchev–Trinajstić information content (AvgIpc) is 3.43. The summed E-state index contributed by atoms with van der Waals surface area (Å²) in [6.07, 6.45) is 0. The SMILES string of the molecule is Cc1ccc2nc(NC(=O)CSc3nc4c([nH]c5ccccc54)c(=O)n3-c3cccc(Cl)c3)sc2c1. The van der Waals surface area contributed by atoms with Crippen LogP contribution in [0.4, 0.5) is 5.13 Å². The van der Waals surface area contributed by atoms with E-state index in [4.69, 9.17) is 16.6 Å². The molecule has 178 valence electrons. The summed E-state index contributed by atoms with van der Waals surface area (Å²) in [4.78, 5) is 38.9. The Balaban J connectivity index is 1.36. The van der Waals surface area contributed by atoms with Gasteiger partial charge in [-0.3, -0.25) is 14.2 Å². The molecule has 0 unspecified atom stereocenters. The van der Waals surface area contributed by atoms with Gasteiger partial charge in [0.15, 0.2) is 10.3 Å². The van der Waals surface area contributed by atoms with Crippen molar-refractivity contribution >= 4 is 77.9 Å². The highest BCUT2D eigenvalue weighted by Crippen LogP contribution is 2.29. The standard InChI is InChI=1S/C26H18ClN5O2S2/c1-14-9-10-19-20(11-14)36-25(29-19)30-21(33)13-35-26-31-22-17-7-2-3-8-18(17)28-23(22)24(34)32(26)16-6-4-5-15(27)12-16/h2-12,28H,13H2,1H3,(H,29,30,33). The zero-order valence-corrected chi connectivity index (χ0v) is 21.3. The molecule has 6 rings (SSSR count). The first-order chi connectivity index (χ1) is 17.5. The molecule has 36 heavy (non-hydrogen) atoms. The fourth-order valence-corrected chi connectivity index (χ4v) is 6.02. The van der Waals surface area contributed by atoms with E-state index in [1.54, 1.807) is 24.3 Å². The first kappa shape index (κ1) is 22.8. The fraction of sp³-hybridized carbons (Fsp3) is 0.0769. The quantitative estimate of drug-likeness (QED) is 0.205. The van der Waals surface area contributed by atoms with E-state index in [1.165, 1.54) is 27.7 Å². The predicted molar refractivity (Wildman–Crippen MR) is 148 cm³/mol. The first-order valence-corrected chi connectivity index (χ1v) is 13.2. The number of thioether (sulfide) groups is 1. The summed E-state index contributed by atoms with van der Waals surface area (Å²) in [6.45, 7) is 2.02. The molecule has 0 spiro atoms.